The van der Waals surface area contributed by atoms with Crippen molar-refractivity contribution in [3.63, 3.8) is 0 Å². The first kappa shape index (κ1) is 16.8. The van der Waals surface area contributed by atoms with E-state index < -0.39 is 0 Å². The van der Waals surface area contributed by atoms with Gasteiger partial charge in [0.15, 0.2) is 0 Å². The van der Waals surface area contributed by atoms with Gasteiger partial charge in [-0.25, -0.2) is 0 Å². The van der Waals surface area contributed by atoms with Crippen molar-refractivity contribution in [1.29, 1.82) is 0 Å². The van der Waals surface area contributed by atoms with Crippen LogP contribution in [0.25, 0.3) is 0 Å². The monoisotopic (exact) mass is 248 g/mol. The predicted molar refractivity (Wildman–Crippen MR) is 68.2 cm³/mol. The number of hydrogen-bond acceptors (Lipinski definition) is 4. The Morgan fingerprint density at radius 2 is 1.53 bits per heavy atom. The van der Waals surface area contributed by atoms with Crippen molar-refractivity contribution in [2.75, 3.05) is 46.8 Å². The van der Waals surface area contributed by atoms with Gasteiger partial charge in [0, 0.05) is 20.3 Å². The van der Waals surface area contributed by atoms with Gasteiger partial charge in [-0.05, 0) is 18.3 Å². The van der Waals surface area contributed by atoms with Gasteiger partial charge >= 0.3 is 0 Å². The molecule has 104 valence electrons. The zero-order chi connectivity index (χ0) is 13.0. The van der Waals surface area contributed by atoms with E-state index in [1.807, 2.05) is 0 Å². The Morgan fingerprint density at radius 3 is 2.06 bits per heavy atom. The number of methoxy groups -OCH3 is 1. The van der Waals surface area contributed by atoms with Gasteiger partial charge < -0.3 is 19.3 Å². The fourth-order valence-corrected chi connectivity index (χ4v) is 1.67. The summed E-state index contributed by atoms with van der Waals surface area (Å²) in [5, 5.41) is 9.32. The van der Waals surface area contributed by atoms with Gasteiger partial charge in [-0.15, -0.1) is 0 Å². The average molecular weight is 248 g/mol. The summed E-state index contributed by atoms with van der Waals surface area (Å²) < 4.78 is 15.6. The second-order valence-corrected chi connectivity index (χ2v) is 4.69. The van der Waals surface area contributed by atoms with Crippen molar-refractivity contribution < 1.29 is 19.3 Å². The summed E-state index contributed by atoms with van der Waals surface area (Å²) in [6.07, 6.45) is 3.03. The molecule has 0 fully saturated rings. The highest BCUT2D eigenvalue weighted by atomic mass is 16.5. The first-order valence-electron chi connectivity index (χ1n) is 6.44. The molecule has 0 aliphatic carbocycles. The van der Waals surface area contributed by atoms with Crippen LogP contribution in [0, 0.1) is 5.41 Å². The van der Waals surface area contributed by atoms with Crippen LogP contribution in [0.1, 0.15) is 33.1 Å². The molecule has 0 aromatic rings. The summed E-state index contributed by atoms with van der Waals surface area (Å²) in [5.74, 6) is 0. The first-order chi connectivity index (χ1) is 8.18. The maximum atomic E-state index is 9.32. The SMILES string of the molecule is CCCC(C)(CO)CCOCCOCCOC. The quantitative estimate of drug-likeness (QED) is 0.536. The molecule has 0 aliphatic heterocycles. The van der Waals surface area contributed by atoms with E-state index in [1.54, 1.807) is 7.11 Å². The second kappa shape index (κ2) is 11.0. The number of aliphatic hydroxyl groups excluding tert-OH is 1. The Morgan fingerprint density at radius 1 is 0.941 bits per heavy atom. The van der Waals surface area contributed by atoms with E-state index >= 15 is 0 Å². The van der Waals surface area contributed by atoms with Crippen LogP contribution in [0.15, 0.2) is 0 Å². The molecule has 0 aromatic heterocycles. The molecule has 0 saturated heterocycles. The van der Waals surface area contributed by atoms with Crippen LogP contribution >= 0.6 is 0 Å². The van der Waals surface area contributed by atoms with E-state index in [-0.39, 0.29) is 12.0 Å². The van der Waals surface area contributed by atoms with Crippen LogP contribution in [0.4, 0.5) is 0 Å². The average Bonchev–Trinajstić information content (AvgIpc) is 2.33. The fraction of sp³-hybridized carbons (Fsp3) is 1.00. The lowest BCUT2D eigenvalue weighted by molar-refractivity contribution is 0.0107. The molecule has 0 aromatic carbocycles. The molecule has 17 heavy (non-hydrogen) atoms. The lowest BCUT2D eigenvalue weighted by Gasteiger charge is -2.26. The van der Waals surface area contributed by atoms with Crippen molar-refractivity contribution in [3.8, 4) is 0 Å². The zero-order valence-electron chi connectivity index (χ0n) is 11.5. The normalized spacial score (nSPS) is 14.8. The molecule has 0 rings (SSSR count). The molecular formula is C13H28O4. The van der Waals surface area contributed by atoms with Crippen LogP contribution in [0.5, 0.6) is 0 Å². The molecule has 4 nitrogen and oxygen atoms in total. The minimum atomic E-state index is 0.00561. The molecule has 0 saturated carbocycles. The van der Waals surface area contributed by atoms with Gasteiger partial charge in [0.2, 0.25) is 0 Å². The number of aliphatic hydroxyl groups is 1. The lowest BCUT2D eigenvalue weighted by atomic mass is 9.83. The molecule has 0 bridgehead atoms. The molecule has 0 amide bonds. The maximum absolute atomic E-state index is 9.32. The van der Waals surface area contributed by atoms with Crippen molar-refractivity contribution >= 4 is 0 Å². The van der Waals surface area contributed by atoms with Gasteiger partial charge in [-0.1, -0.05) is 20.3 Å². The smallest absolute Gasteiger partial charge is 0.0701 e. The maximum Gasteiger partial charge on any atom is 0.0701 e. The molecular weight excluding hydrogens is 220 g/mol. The minimum absolute atomic E-state index is 0.00561. The molecule has 4 heteroatoms. The Balaban J connectivity index is 3.37. The summed E-state index contributed by atoms with van der Waals surface area (Å²) in [6.45, 7) is 7.61. The third-order valence-electron chi connectivity index (χ3n) is 2.89. The first-order valence-corrected chi connectivity index (χ1v) is 6.44. The lowest BCUT2D eigenvalue weighted by Crippen LogP contribution is -2.23. The van der Waals surface area contributed by atoms with E-state index in [4.69, 9.17) is 14.2 Å². The Hall–Kier alpha value is -0.160. The standard InChI is InChI=1S/C13H28O4/c1-4-5-13(2,12-14)6-7-16-10-11-17-9-8-15-3/h14H,4-12H2,1-3H3. The highest BCUT2D eigenvalue weighted by molar-refractivity contribution is 4.72. The molecule has 1 atom stereocenters. The van der Waals surface area contributed by atoms with Crippen LogP contribution in [-0.2, 0) is 14.2 Å². The van der Waals surface area contributed by atoms with Gasteiger partial charge in [0.25, 0.3) is 0 Å². The van der Waals surface area contributed by atoms with E-state index in [9.17, 15) is 5.11 Å². The van der Waals surface area contributed by atoms with Crippen LogP contribution in [0.2, 0.25) is 0 Å². The molecule has 0 spiro atoms. The summed E-state index contributed by atoms with van der Waals surface area (Å²) >= 11 is 0. The number of hydrogen-bond donors (Lipinski definition) is 1. The zero-order valence-corrected chi connectivity index (χ0v) is 11.5. The van der Waals surface area contributed by atoms with E-state index in [2.05, 4.69) is 13.8 Å². The third kappa shape index (κ3) is 9.53. The summed E-state index contributed by atoms with van der Waals surface area (Å²) in [6, 6.07) is 0. The Kier molecular flexibility index (Phi) is 10.9. The highest BCUT2D eigenvalue weighted by Gasteiger charge is 2.21. The van der Waals surface area contributed by atoms with Gasteiger partial charge in [-0.2, -0.15) is 0 Å². The van der Waals surface area contributed by atoms with E-state index in [0.717, 1.165) is 19.3 Å². The highest BCUT2D eigenvalue weighted by Crippen LogP contribution is 2.26. The summed E-state index contributed by atoms with van der Waals surface area (Å²) in [5.41, 5.74) is 0.00561. The fourth-order valence-electron chi connectivity index (χ4n) is 1.67. The van der Waals surface area contributed by atoms with Crippen molar-refractivity contribution in [3.05, 3.63) is 0 Å². The Bertz CT molecular complexity index is 163. The van der Waals surface area contributed by atoms with Crippen molar-refractivity contribution in [2.45, 2.75) is 33.1 Å². The number of ether oxygens (including phenoxy) is 3. The number of rotatable bonds is 12. The van der Waals surface area contributed by atoms with Crippen LogP contribution in [-0.4, -0.2) is 51.9 Å². The molecule has 1 N–H and O–H groups in total. The van der Waals surface area contributed by atoms with Gasteiger partial charge in [0.1, 0.15) is 0 Å². The van der Waals surface area contributed by atoms with Gasteiger partial charge in [-0.3, -0.25) is 0 Å². The molecule has 0 radical (unpaired) electrons. The Labute approximate surface area is 105 Å². The van der Waals surface area contributed by atoms with Gasteiger partial charge in [0.05, 0.1) is 26.4 Å². The van der Waals surface area contributed by atoms with E-state index in [1.165, 1.54) is 0 Å². The van der Waals surface area contributed by atoms with Crippen LogP contribution in [0.3, 0.4) is 0 Å². The largest absolute Gasteiger partial charge is 0.396 e. The predicted octanol–water partition coefficient (Wildman–Crippen LogP) is 1.85. The topological polar surface area (TPSA) is 47.9 Å². The molecule has 1 unspecified atom stereocenters. The third-order valence-corrected chi connectivity index (χ3v) is 2.89. The molecule has 0 heterocycles. The van der Waals surface area contributed by atoms with Crippen LogP contribution < -0.4 is 0 Å². The molecule has 0 aliphatic rings. The van der Waals surface area contributed by atoms with Crippen molar-refractivity contribution in [2.24, 2.45) is 5.41 Å². The van der Waals surface area contributed by atoms with Crippen molar-refractivity contribution in [1.82, 2.24) is 0 Å². The summed E-state index contributed by atoms with van der Waals surface area (Å²) in [7, 11) is 1.66. The minimum Gasteiger partial charge on any atom is -0.396 e. The van der Waals surface area contributed by atoms with E-state index in [0.29, 0.717) is 33.0 Å². The second-order valence-electron chi connectivity index (χ2n) is 4.69. The summed E-state index contributed by atoms with van der Waals surface area (Å²) in [4.78, 5) is 0.